The van der Waals surface area contributed by atoms with E-state index in [0.717, 1.165) is 5.69 Å². The second-order valence-electron chi connectivity index (χ2n) is 4.82. The van der Waals surface area contributed by atoms with Gasteiger partial charge in [-0.1, -0.05) is 23.4 Å². The van der Waals surface area contributed by atoms with Gasteiger partial charge in [-0.05, 0) is 36.4 Å². The van der Waals surface area contributed by atoms with Crippen LogP contribution in [0.3, 0.4) is 0 Å². The topological polar surface area (TPSA) is 116 Å². The van der Waals surface area contributed by atoms with Gasteiger partial charge in [0.1, 0.15) is 10.6 Å². The van der Waals surface area contributed by atoms with E-state index in [2.05, 4.69) is 25.4 Å². The van der Waals surface area contributed by atoms with Crippen molar-refractivity contribution in [3.8, 4) is 5.69 Å². The molecule has 3 aromatic rings. The molecule has 0 atom stereocenters. The van der Waals surface area contributed by atoms with E-state index in [1.807, 2.05) is 30.3 Å². The third kappa shape index (κ3) is 2.98. The number of nitrogens with one attached hydrogen (secondary N) is 1. The summed E-state index contributed by atoms with van der Waals surface area (Å²) in [5.41, 5.74) is 1.04. The molecule has 23 heavy (non-hydrogen) atoms. The number of hydrogen-bond acceptors (Lipinski definition) is 7. The Balaban J connectivity index is 1.84. The lowest BCUT2D eigenvalue weighted by Gasteiger charge is -2.07. The van der Waals surface area contributed by atoms with Gasteiger partial charge in [-0.3, -0.25) is 0 Å². The van der Waals surface area contributed by atoms with Crippen LogP contribution in [0.5, 0.6) is 0 Å². The van der Waals surface area contributed by atoms with Crippen LogP contribution in [0.2, 0.25) is 0 Å². The molecule has 0 saturated heterocycles. The number of rotatable bonds is 5. The minimum absolute atomic E-state index is 0.0382. The summed E-state index contributed by atoms with van der Waals surface area (Å²) in [4.78, 5) is 0.0382. The lowest BCUT2D eigenvalue weighted by molar-refractivity contribution is 0.390. The monoisotopic (exact) mass is 334 g/mol. The van der Waals surface area contributed by atoms with Gasteiger partial charge in [0, 0.05) is 0 Å². The Morgan fingerprint density at radius 2 is 1.96 bits per heavy atom. The first kappa shape index (κ1) is 15.3. The molecule has 0 fully saturated rings. The van der Waals surface area contributed by atoms with Crippen molar-refractivity contribution in [2.75, 3.05) is 0 Å². The fourth-order valence-electron chi connectivity index (χ4n) is 2.18. The van der Waals surface area contributed by atoms with Crippen LogP contribution >= 0.6 is 0 Å². The predicted molar refractivity (Wildman–Crippen MR) is 79.2 cm³/mol. The zero-order valence-electron chi connectivity index (χ0n) is 12.5. The third-order valence-corrected chi connectivity index (χ3v) is 4.84. The maximum absolute atomic E-state index is 12.4. The van der Waals surface area contributed by atoms with E-state index in [1.165, 1.54) is 4.68 Å². The minimum atomic E-state index is -3.77. The van der Waals surface area contributed by atoms with Gasteiger partial charge in [0.15, 0.2) is 11.6 Å². The largest absolute Gasteiger partial charge is 0.360 e. The molecule has 3 rings (SSSR count). The van der Waals surface area contributed by atoms with Crippen LogP contribution in [0.4, 0.5) is 0 Å². The third-order valence-electron chi connectivity index (χ3n) is 3.19. The Labute approximate surface area is 132 Å². The van der Waals surface area contributed by atoms with Crippen molar-refractivity contribution in [1.82, 2.24) is 30.1 Å². The van der Waals surface area contributed by atoms with Gasteiger partial charge >= 0.3 is 0 Å². The molecular formula is C13H14N6O3S. The van der Waals surface area contributed by atoms with E-state index in [-0.39, 0.29) is 17.2 Å². The summed E-state index contributed by atoms with van der Waals surface area (Å²) in [5, 5.41) is 15.0. The Morgan fingerprint density at radius 1 is 1.22 bits per heavy atom. The Kier molecular flexibility index (Phi) is 3.92. The van der Waals surface area contributed by atoms with E-state index < -0.39 is 10.0 Å². The molecule has 0 amide bonds. The fourth-order valence-corrected chi connectivity index (χ4v) is 3.48. The summed E-state index contributed by atoms with van der Waals surface area (Å²) >= 11 is 0. The molecule has 10 heteroatoms. The molecule has 0 bridgehead atoms. The van der Waals surface area contributed by atoms with Crippen molar-refractivity contribution in [1.29, 1.82) is 0 Å². The lowest BCUT2D eigenvalue weighted by Crippen LogP contribution is -2.26. The van der Waals surface area contributed by atoms with Crippen molar-refractivity contribution in [2.24, 2.45) is 0 Å². The number of tetrazole rings is 1. The number of benzene rings is 1. The highest BCUT2D eigenvalue weighted by molar-refractivity contribution is 7.89. The number of para-hydroxylation sites is 1. The summed E-state index contributed by atoms with van der Waals surface area (Å²) in [6.45, 7) is 3.05. The highest BCUT2D eigenvalue weighted by atomic mass is 32.2. The quantitative estimate of drug-likeness (QED) is 0.731. The van der Waals surface area contributed by atoms with E-state index in [0.29, 0.717) is 11.5 Å². The Hall–Kier alpha value is -2.59. The second kappa shape index (κ2) is 5.89. The maximum atomic E-state index is 12.4. The van der Waals surface area contributed by atoms with Crippen molar-refractivity contribution < 1.29 is 12.9 Å². The van der Waals surface area contributed by atoms with E-state index >= 15 is 0 Å². The molecule has 0 saturated carbocycles. The van der Waals surface area contributed by atoms with Crippen molar-refractivity contribution in [3.05, 3.63) is 47.6 Å². The Bertz CT molecular complexity index is 897. The van der Waals surface area contributed by atoms with E-state index in [9.17, 15) is 8.42 Å². The van der Waals surface area contributed by atoms with Gasteiger partial charge in [0.25, 0.3) is 0 Å². The molecular weight excluding hydrogens is 320 g/mol. The van der Waals surface area contributed by atoms with Crippen LogP contribution in [-0.2, 0) is 16.6 Å². The zero-order valence-corrected chi connectivity index (χ0v) is 13.3. The van der Waals surface area contributed by atoms with Crippen molar-refractivity contribution in [2.45, 2.75) is 25.3 Å². The van der Waals surface area contributed by atoms with Gasteiger partial charge in [-0.15, -0.1) is 5.10 Å². The van der Waals surface area contributed by atoms with Crippen LogP contribution in [-0.4, -0.2) is 33.8 Å². The molecule has 0 aliphatic rings. The summed E-state index contributed by atoms with van der Waals surface area (Å²) in [7, 11) is -3.77. The highest BCUT2D eigenvalue weighted by Gasteiger charge is 2.24. The normalized spacial score (nSPS) is 11.7. The Morgan fingerprint density at radius 3 is 2.61 bits per heavy atom. The standard InChI is InChI=1S/C13H14N6O3S/c1-9-13(10(2)22-16-9)23(20,21)14-8-12-15-17-18-19(12)11-6-4-3-5-7-11/h3-7,14H,8H2,1-2H3. The second-order valence-corrected chi connectivity index (χ2v) is 6.52. The van der Waals surface area contributed by atoms with E-state index in [1.54, 1.807) is 13.8 Å². The highest BCUT2D eigenvalue weighted by Crippen LogP contribution is 2.18. The van der Waals surface area contributed by atoms with Crippen LogP contribution in [0, 0.1) is 13.8 Å². The minimum Gasteiger partial charge on any atom is -0.360 e. The zero-order chi connectivity index (χ0) is 16.4. The van der Waals surface area contributed by atoms with Crippen LogP contribution in [0.15, 0.2) is 39.8 Å². The van der Waals surface area contributed by atoms with Gasteiger partial charge in [0.2, 0.25) is 10.0 Å². The average Bonchev–Trinajstić information content (AvgIpc) is 3.13. The maximum Gasteiger partial charge on any atom is 0.246 e. The average molecular weight is 334 g/mol. The van der Waals surface area contributed by atoms with Gasteiger partial charge < -0.3 is 4.52 Å². The number of hydrogen-bond donors (Lipinski definition) is 1. The summed E-state index contributed by atoms with van der Waals surface area (Å²) in [6.07, 6.45) is 0. The SMILES string of the molecule is Cc1noc(C)c1S(=O)(=O)NCc1nnnn1-c1ccccc1. The van der Waals surface area contributed by atoms with Gasteiger partial charge in [-0.25, -0.2) is 13.1 Å². The van der Waals surface area contributed by atoms with Gasteiger partial charge in [0.05, 0.1) is 12.2 Å². The number of nitrogens with zero attached hydrogens (tertiary/aromatic N) is 5. The van der Waals surface area contributed by atoms with Crippen LogP contribution in [0.25, 0.3) is 5.69 Å². The molecule has 1 N–H and O–H groups in total. The molecule has 0 spiro atoms. The molecule has 0 aliphatic carbocycles. The predicted octanol–water partition coefficient (Wildman–Crippen LogP) is 0.746. The summed E-state index contributed by atoms with van der Waals surface area (Å²) in [6, 6.07) is 9.20. The molecule has 0 aliphatic heterocycles. The molecule has 2 aromatic heterocycles. The first-order valence-corrected chi connectivity index (χ1v) is 8.22. The van der Waals surface area contributed by atoms with Crippen LogP contribution in [0.1, 0.15) is 17.3 Å². The first-order valence-electron chi connectivity index (χ1n) is 6.74. The molecule has 2 heterocycles. The molecule has 0 unspecified atom stereocenters. The summed E-state index contributed by atoms with van der Waals surface area (Å²) < 4.78 is 33.6. The fraction of sp³-hybridized carbons (Fsp3) is 0.231. The van der Waals surface area contributed by atoms with Crippen LogP contribution < -0.4 is 4.72 Å². The molecule has 1 aromatic carbocycles. The lowest BCUT2D eigenvalue weighted by atomic mass is 10.3. The molecule has 9 nitrogen and oxygen atoms in total. The van der Waals surface area contributed by atoms with Gasteiger partial charge in [-0.2, -0.15) is 4.68 Å². The molecule has 120 valence electrons. The summed E-state index contributed by atoms with van der Waals surface area (Å²) in [5.74, 6) is 0.601. The van der Waals surface area contributed by atoms with Crippen molar-refractivity contribution in [3.63, 3.8) is 0 Å². The first-order chi connectivity index (χ1) is 11.0. The van der Waals surface area contributed by atoms with Crippen molar-refractivity contribution >= 4 is 10.0 Å². The number of aryl methyl sites for hydroxylation is 2. The smallest absolute Gasteiger partial charge is 0.246 e. The van der Waals surface area contributed by atoms with E-state index in [4.69, 9.17) is 4.52 Å². The number of aromatic nitrogens is 5. The number of sulfonamides is 1. The molecule has 0 radical (unpaired) electrons.